The van der Waals surface area contributed by atoms with Crippen LogP contribution in [0.3, 0.4) is 0 Å². The van der Waals surface area contributed by atoms with Crippen molar-refractivity contribution in [3.63, 3.8) is 0 Å². The number of hydrogen-bond donors (Lipinski definition) is 0. The Morgan fingerprint density at radius 3 is 2.29 bits per heavy atom. The van der Waals surface area contributed by atoms with Gasteiger partial charge in [-0.3, -0.25) is 14.5 Å². The van der Waals surface area contributed by atoms with E-state index >= 15 is 0 Å². The number of piperidine rings is 1. The highest BCUT2D eigenvalue weighted by molar-refractivity contribution is 5.98. The molecule has 0 aromatic heterocycles. The second-order valence-corrected chi connectivity index (χ2v) is 5.22. The van der Waals surface area contributed by atoms with Gasteiger partial charge in [-0.05, 0) is 50.2 Å². The first-order valence-corrected chi connectivity index (χ1v) is 7.11. The van der Waals surface area contributed by atoms with E-state index in [0.717, 1.165) is 37.2 Å². The Labute approximate surface area is 124 Å². The summed E-state index contributed by atoms with van der Waals surface area (Å²) in [7, 11) is 3.00. The van der Waals surface area contributed by atoms with Crippen LogP contribution < -0.4 is 4.74 Å². The molecule has 0 spiro atoms. The van der Waals surface area contributed by atoms with Crippen molar-refractivity contribution in [2.24, 2.45) is 5.92 Å². The van der Waals surface area contributed by atoms with Crippen LogP contribution in [0.5, 0.6) is 5.75 Å². The third-order valence-corrected chi connectivity index (χ3v) is 3.91. The SMILES string of the molecule is COC(=O)CN1CCC(C(=O)c2ccc(OC)cc2)CC1. The van der Waals surface area contributed by atoms with Crippen LogP contribution in [-0.2, 0) is 9.53 Å². The predicted octanol–water partition coefficient (Wildman–Crippen LogP) is 1.76. The molecule has 1 saturated heterocycles. The fourth-order valence-corrected chi connectivity index (χ4v) is 2.59. The van der Waals surface area contributed by atoms with Crippen molar-refractivity contribution in [1.29, 1.82) is 0 Å². The lowest BCUT2D eigenvalue weighted by molar-refractivity contribution is -0.142. The quantitative estimate of drug-likeness (QED) is 0.611. The van der Waals surface area contributed by atoms with Gasteiger partial charge in [0.15, 0.2) is 5.78 Å². The maximum atomic E-state index is 12.4. The van der Waals surface area contributed by atoms with E-state index in [9.17, 15) is 9.59 Å². The molecule has 0 aliphatic carbocycles. The summed E-state index contributed by atoms with van der Waals surface area (Å²) < 4.78 is 9.75. The summed E-state index contributed by atoms with van der Waals surface area (Å²) in [6, 6.07) is 7.23. The topological polar surface area (TPSA) is 55.8 Å². The standard InChI is InChI=1S/C16H21NO4/c1-20-14-5-3-12(4-6-14)16(19)13-7-9-17(10-8-13)11-15(18)21-2/h3-6,13H,7-11H2,1-2H3. The van der Waals surface area contributed by atoms with Crippen LogP contribution in [0.25, 0.3) is 0 Å². The highest BCUT2D eigenvalue weighted by Gasteiger charge is 2.26. The third-order valence-electron chi connectivity index (χ3n) is 3.91. The Hall–Kier alpha value is -1.88. The van der Waals surface area contributed by atoms with Gasteiger partial charge in [-0.25, -0.2) is 0 Å². The van der Waals surface area contributed by atoms with Gasteiger partial charge in [-0.2, -0.15) is 0 Å². The van der Waals surface area contributed by atoms with Gasteiger partial charge in [0.2, 0.25) is 0 Å². The number of ketones is 1. The van der Waals surface area contributed by atoms with Crippen LogP contribution in [0, 0.1) is 5.92 Å². The van der Waals surface area contributed by atoms with Crippen molar-refractivity contribution < 1.29 is 19.1 Å². The summed E-state index contributed by atoms with van der Waals surface area (Å²) in [6.07, 6.45) is 1.56. The van der Waals surface area contributed by atoms with Gasteiger partial charge in [0.25, 0.3) is 0 Å². The number of benzene rings is 1. The first-order valence-electron chi connectivity index (χ1n) is 7.11. The molecule has 1 heterocycles. The Bertz CT molecular complexity index is 490. The Kier molecular flexibility index (Phi) is 5.33. The Balaban J connectivity index is 1.89. The van der Waals surface area contributed by atoms with E-state index in [4.69, 9.17) is 4.74 Å². The fourth-order valence-electron chi connectivity index (χ4n) is 2.59. The molecule has 0 saturated carbocycles. The third kappa shape index (κ3) is 4.04. The number of hydrogen-bond acceptors (Lipinski definition) is 5. The molecular weight excluding hydrogens is 270 g/mol. The largest absolute Gasteiger partial charge is 0.497 e. The summed E-state index contributed by atoms with van der Waals surface area (Å²) in [6.45, 7) is 1.81. The molecular formula is C16H21NO4. The molecule has 0 bridgehead atoms. The van der Waals surface area contributed by atoms with Crippen molar-refractivity contribution in [3.05, 3.63) is 29.8 Å². The second-order valence-electron chi connectivity index (χ2n) is 5.22. The summed E-state index contributed by atoms with van der Waals surface area (Å²) in [5, 5.41) is 0. The Morgan fingerprint density at radius 1 is 1.14 bits per heavy atom. The van der Waals surface area contributed by atoms with Gasteiger partial charge in [0.05, 0.1) is 20.8 Å². The van der Waals surface area contributed by atoms with Gasteiger partial charge in [-0.1, -0.05) is 0 Å². The molecule has 2 rings (SSSR count). The molecule has 1 aromatic carbocycles. The molecule has 1 fully saturated rings. The van der Waals surface area contributed by atoms with E-state index in [1.165, 1.54) is 7.11 Å². The molecule has 0 unspecified atom stereocenters. The first-order chi connectivity index (χ1) is 10.1. The lowest BCUT2D eigenvalue weighted by Gasteiger charge is -2.30. The predicted molar refractivity (Wildman–Crippen MR) is 78.5 cm³/mol. The van der Waals surface area contributed by atoms with Crippen LogP contribution in [-0.4, -0.2) is 50.5 Å². The van der Waals surface area contributed by atoms with Gasteiger partial charge < -0.3 is 9.47 Å². The van der Waals surface area contributed by atoms with Crippen LogP contribution >= 0.6 is 0 Å². The van der Waals surface area contributed by atoms with Crippen molar-refractivity contribution >= 4 is 11.8 Å². The fraction of sp³-hybridized carbons (Fsp3) is 0.500. The van der Waals surface area contributed by atoms with Crippen LogP contribution in [0.1, 0.15) is 23.2 Å². The van der Waals surface area contributed by atoms with Gasteiger partial charge in [0.1, 0.15) is 5.75 Å². The molecule has 1 aromatic rings. The van der Waals surface area contributed by atoms with Crippen LogP contribution in [0.2, 0.25) is 0 Å². The maximum Gasteiger partial charge on any atom is 0.319 e. The molecule has 0 N–H and O–H groups in total. The Morgan fingerprint density at radius 2 is 1.76 bits per heavy atom. The monoisotopic (exact) mass is 291 g/mol. The molecule has 114 valence electrons. The summed E-state index contributed by atoms with van der Waals surface area (Å²) >= 11 is 0. The minimum absolute atomic E-state index is 0.0345. The number of nitrogens with zero attached hydrogens (tertiary/aromatic N) is 1. The zero-order valence-corrected chi connectivity index (χ0v) is 12.5. The zero-order valence-electron chi connectivity index (χ0n) is 12.5. The van der Waals surface area contributed by atoms with E-state index in [0.29, 0.717) is 6.54 Å². The molecule has 5 nitrogen and oxygen atoms in total. The van der Waals surface area contributed by atoms with E-state index in [-0.39, 0.29) is 17.7 Å². The van der Waals surface area contributed by atoms with Crippen LogP contribution in [0.15, 0.2) is 24.3 Å². The average molecular weight is 291 g/mol. The zero-order chi connectivity index (χ0) is 15.2. The molecule has 1 aliphatic heterocycles. The molecule has 0 atom stereocenters. The van der Waals surface area contributed by atoms with Crippen molar-refractivity contribution in [3.8, 4) is 5.75 Å². The van der Waals surface area contributed by atoms with Gasteiger partial charge in [0, 0.05) is 11.5 Å². The summed E-state index contributed by atoms with van der Waals surface area (Å²) in [4.78, 5) is 25.7. The second kappa shape index (κ2) is 7.22. The average Bonchev–Trinajstić information content (AvgIpc) is 2.55. The summed E-state index contributed by atoms with van der Waals surface area (Å²) in [5.41, 5.74) is 0.724. The smallest absolute Gasteiger partial charge is 0.319 e. The van der Waals surface area contributed by atoms with E-state index in [1.807, 2.05) is 17.0 Å². The number of likely N-dealkylation sites (tertiary alicyclic amines) is 1. The van der Waals surface area contributed by atoms with E-state index < -0.39 is 0 Å². The number of methoxy groups -OCH3 is 2. The number of esters is 1. The number of carbonyl (C=O) groups excluding carboxylic acids is 2. The lowest BCUT2D eigenvalue weighted by atomic mass is 9.89. The number of Topliss-reactive ketones (excluding diaryl/α,β-unsaturated/α-hetero) is 1. The molecule has 1 aliphatic rings. The highest BCUT2D eigenvalue weighted by atomic mass is 16.5. The number of carbonyl (C=O) groups is 2. The molecule has 0 amide bonds. The van der Waals surface area contributed by atoms with Crippen LogP contribution in [0.4, 0.5) is 0 Å². The summed E-state index contributed by atoms with van der Waals surface area (Å²) in [5.74, 6) is 0.733. The number of rotatable bonds is 5. The molecule has 0 radical (unpaired) electrons. The van der Waals surface area contributed by atoms with Crippen molar-refractivity contribution in [2.75, 3.05) is 33.9 Å². The van der Waals surface area contributed by atoms with Crippen molar-refractivity contribution in [2.45, 2.75) is 12.8 Å². The highest BCUT2D eigenvalue weighted by Crippen LogP contribution is 2.23. The minimum Gasteiger partial charge on any atom is -0.497 e. The van der Waals surface area contributed by atoms with E-state index in [2.05, 4.69) is 4.74 Å². The minimum atomic E-state index is -0.227. The molecule has 5 heteroatoms. The van der Waals surface area contributed by atoms with E-state index in [1.54, 1.807) is 19.2 Å². The lowest BCUT2D eigenvalue weighted by Crippen LogP contribution is -2.39. The van der Waals surface area contributed by atoms with Gasteiger partial charge >= 0.3 is 5.97 Å². The van der Waals surface area contributed by atoms with Gasteiger partial charge in [-0.15, -0.1) is 0 Å². The first kappa shape index (κ1) is 15.5. The van der Waals surface area contributed by atoms with Crippen molar-refractivity contribution in [1.82, 2.24) is 4.90 Å². The normalized spacial score (nSPS) is 16.5. The maximum absolute atomic E-state index is 12.4. The number of ether oxygens (including phenoxy) is 2. The molecule has 21 heavy (non-hydrogen) atoms.